The maximum absolute atomic E-state index is 17.1. The van der Waals surface area contributed by atoms with Gasteiger partial charge in [0.1, 0.15) is 28.6 Å². The minimum absolute atomic E-state index is 0.0345. The predicted octanol–water partition coefficient (Wildman–Crippen LogP) is 9.37. The average molecular weight is 1030 g/mol. The molecule has 5 saturated heterocycles. The van der Waals surface area contributed by atoms with E-state index in [4.69, 9.17) is 32.7 Å². The first-order valence-electron chi connectivity index (χ1n) is 26.6. The topological polar surface area (TPSA) is 156 Å². The number of aromatic nitrogens is 3. The number of nitrogens with zero attached hydrogens (tertiary/aromatic N) is 7. The first-order chi connectivity index (χ1) is 35.8. The largest absolute Gasteiger partial charge is 0.508 e. The molecule has 5 aliphatic heterocycles. The number of amides is 4. The molecular formula is C57H62ClF2N9O5. The van der Waals surface area contributed by atoms with Gasteiger partial charge >= 0.3 is 12.0 Å². The summed E-state index contributed by atoms with van der Waals surface area (Å²) in [5.41, 5.74) is 1.84. The molecule has 13 rings (SSSR count). The number of likely N-dealkylation sites (tertiary alicyclic amines) is 2. The number of carbonyl (C=O) groups is 3. The molecule has 2 aromatic heterocycles. The van der Waals surface area contributed by atoms with Gasteiger partial charge in [-0.15, -0.1) is 6.42 Å². The fourth-order valence-electron chi connectivity index (χ4n) is 13.8. The van der Waals surface area contributed by atoms with E-state index in [-0.39, 0.29) is 75.1 Å². The molecule has 17 heteroatoms. The van der Waals surface area contributed by atoms with E-state index in [0.717, 1.165) is 83.8 Å². The lowest BCUT2D eigenvalue weighted by Gasteiger charge is -2.54. The number of hydrogen-bond donors (Lipinski definition) is 3. The molecule has 3 aromatic carbocycles. The second-order valence-corrected chi connectivity index (χ2v) is 23.0. The van der Waals surface area contributed by atoms with Crippen LogP contribution in [0, 0.1) is 40.2 Å². The Morgan fingerprint density at radius 3 is 2.28 bits per heavy atom. The molecular weight excluding hydrogens is 964 g/mol. The highest BCUT2D eigenvalue weighted by Gasteiger charge is 2.49. The molecule has 8 fully saturated rings. The van der Waals surface area contributed by atoms with Crippen molar-refractivity contribution in [1.82, 2.24) is 35.4 Å². The Balaban J connectivity index is 0.660. The van der Waals surface area contributed by atoms with Crippen molar-refractivity contribution < 1.29 is 33.0 Å². The summed E-state index contributed by atoms with van der Waals surface area (Å²) in [5, 5.41) is 18.3. The van der Waals surface area contributed by atoms with Crippen LogP contribution in [0.3, 0.4) is 0 Å². The number of imide groups is 1. The number of terminal acetylenes is 1. The Labute approximate surface area is 434 Å². The van der Waals surface area contributed by atoms with Gasteiger partial charge in [-0.2, -0.15) is 9.97 Å². The lowest BCUT2D eigenvalue weighted by molar-refractivity contribution is -0.120. The number of piperazine rings is 1. The van der Waals surface area contributed by atoms with Crippen molar-refractivity contribution >= 4 is 62.6 Å². The second kappa shape index (κ2) is 19.2. The Hall–Kier alpha value is -6.15. The first-order valence-corrected chi connectivity index (χ1v) is 27.0. The van der Waals surface area contributed by atoms with E-state index in [0.29, 0.717) is 83.1 Å². The van der Waals surface area contributed by atoms with Gasteiger partial charge in [-0.25, -0.2) is 13.6 Å². The zero-order chi connectivity index (χ0) is 50.9. The Morgan fingerprint density at radius 2 is 1.58 bits per heavy atom. The molecule has 0 radical (unpaired) electrons. The number of halogens is 3. The third-order valence-electron chi connectivity index (χ3n) is 18.6. The maximum atomic E-state index is 17.1. The average Bonchev–Trinajstić information content (AvgIpc) is 3.76. The molecule has 4 bridgehead atoms. The van der Waals surface area contributed by atoms with Crippen LogP contribution in [-0.4, -0.2) is 119 Å². The lowest BCUT2D eigenvalue weighted by Crippen LogP contribution is -2.51. The number of carbonyl (C=O) groups excluding carboxylic acids is 3. The van der Waals surface area contributed by atoms with E-state index in [1.165, 1.54) is 54.8 Å². The highest BCUT2D eigenvalue weighted by atomic mass is 35.5. The van der Waals surface area contributed by atoms with E-state index in [1.807, 2.05) is 4.90 Å². The van der Waals surface area contributed by atoms with Gasteiger partial charge in [0.15, 0.2) is 5.82 Å². The fraction of sp³-hybridized carbons (Fsp3) is 0.509. The molecule has 5 aromatic rings. The summed E-state index contributed by atoms with van der Waals surface area (Å²) >= 11 is 6.47. The molecule has 2 unspecified atom stereocenters. The number of phenolic OH excluding ortho intramolecular Hbond substituents is 1. The highest BCUT2D eigenvalue weighted by molar-refractivity contribution is 6.34. The summed E-state index contributed by atoms with van der Waals surface area (Å²) in [4.78, 5) is 60.5. The zero-order valence-electron chi connectivity index (χ0n) is 41.7. The standard InChI is InChI=1S/C57H62ClF2N9O5/c1-2-40-44(59)8-4-35-29-39(70)31-41(47(35)40)49-48(60)50-42(32-61-49)51(68-33-37-5-6-38(34-68)62-37)65-53(64-50)74-28-21-56-13-10-55(11-14-56,12-15-56)16-23-66-24-17-57(18-25-66)19-26-67(27-20-57)52(72)36-3-7-43(58)45(30-36)69-22-9-46(71)63-54(69)73/h1,3-4,7-8,29-32,37-38,62,70H,5-6,9-28,33-34H2,(H,63,71,73). The molecule has 3 saturated carbocycles. The number of pyridine rings is 1. The third-order valence-corrected chi connectivity index (χ3v) is 18.9. The Bertz CT molecular complexity index is 3090. The predicted molar refractivity (Wildman–Crippen MR) is 279 cm³/mol. The molecule has 4 amide bonds. The molecule has 8 aliphatic rings. The van der Waals surface area contributed by atoms with Crippen LogP contribution in [0.2, 0.25) is 5.02 Å². The van der Waals surface area contributed by atoms with Gasteiger partial charge in [0.05, 0.1) is 28.3 Å². The minimum Gasteiger partial charge on any atom is -0.508 e. The highest BCUT2D eigenvalue weighted by Crippen LogP contribution is 2.60. The van der Waals surface area contributed by atoms with Crippen molar-refractivity contribution in [3.63, 3.8) is 0 Å². The van der Waals surface area contributed by atoms with Gasteiger partial charge in [0.2, 0.25) is 5.91 Å². The molecule has 386 valence electrons. The second-order valence-electron chi connectivity index (χ2n) is 22.6. The van der Waals surface area contributed by atoms with Crippen LogP contribution in [-0.2, 0) is 4.79 Å². The summed E-state index contributed by atoms with van der Waals surface area (Å²) in [5.74, 6) is 1.15. The molecule has 3 aliphatic carbocycles. The first kappa shape index (κ1) is 48.8. The number of piperidine rings is 2. The fourth-order valence-corrected chi connectivity index (χ4v) is 14.1. The summed E-state index contributed by atoms with van der Waals surface area (Å²) in [6, 6.07) is 10.8. The number of hydrogen-bond acceptors (Lipinski definition) is 11. The van der Waals surface area contributed by atoms with Crippen LogP contribution in [0.25, 0.3) is 32.9 Å². The zero-order valence-corrected chi connectivity index (χ0v) is 42.4. The van der Waals surface area contributed by atoms with Crippen molar-refractivity contribution in [3.8, 4) is 35.4 Å². The van der Waals surface area contributed by atoms with Crippen molar-refractivity contribution in [3.05, 3.63) is 76.4 Å². The summed E-state index contributed by atoms with van der Waals surface area (Å²) in [6.45, 7) is 6.75. The number of aromatic hydroxyl groups is 1. The Kier molecular flexibility index (Phi) is 12.7. The number of nitrogens with one attached hydrogen (secondary N) is 2. The van der Waals surface area contributed by atoms with E-state index in [9.17, 15) is 19.5 Å². The van der Waals surface area contributed by atoms with Crippen LogP contribution in [0.1, 0.15) is 112 Å². The molecule has 1 spiro atoms. The van der Waals surface area contributed by atoms with Crippen LogP contribution >= 0.6 is 11.6 Å². The van der Waals surface area contributed by atoms with Crippen LogP contribution in [0.5, 0.6) is 11.8 Å². The summed E-state index contributed by atoms with van der Waals surface area (Å²) in [6.07, 6.45) is 23.1. The van der Waals surface area contributed by atoms with Crippen LogP contribution in [0.4, 0.5) is 25.1 Å². The van der Waals surface area contributed by atoms with Gasteiger partial charge in [-0.3, -0.25) is 24.8 Å². The number of benzene rings is 3. The van der Waals surface area contributed by atoms with Crippen molar-refractivity contribution in [2.24, 2.45) is 16.2 Å². The van der Waals surface area contributed by atoms with Crippen LogP contribution in [0.15, 0.2) is 48.7 Å². The van der Waals surface area contributed by atoms with Crippen molar-refractivity contribution in [2.45, 2.75) is 108 Å². The van der Waals surface area contributed by atoms with E-state index >= 15 is 8.78 Å². The minimum atomic E-state index is -0.722. The number of urea groups is 1. The lowest BCUT2D eigenvalue weighted by atomic mass is 9.52. The SMILES string of the molecule is C#Cc1c(F)ccc2cc(O)cc(-c3ncc4c(N5CC6CCC(C5)N6)nc(OCCC56CCC(CCN7CCC8(CC7)CCN(C(=O)c7ccc(Cl)c(N9CCC(=O)NC9=O)c7)CC8)(CC5)CC6)nc4c3F)c12. The summed E-state index contributed by atoms with van der Waals surface area (Å²) < 4.78 is 38.7. The van der Waals surface area contributed by atoms with E-state index in [2.05, 4.69) is 31.3 Å². The smallest absolute Gasteiger partial charge is 0.328 e. The van der Waals surface area contributed by atoms with Gasteiger partial charge < -0.3 is 29.9 Å². The molecule has 14 nitrogen and oxygen atoms in total. The van der Waals surface area contributed by atoms with Gasteiger partial charge in [0.25, 0.3) is 5.91 Å². The molecule has 3 N–H and O–H groups in total. The molecule has 7 heterocycles. The Morgan fingerprint density at radius 1 is 0.878 bits per heavy atom. The van der Waals surface area contributed by atoms with Crippen LogP contribution < -0.4 is 25.2 Å². The van der Waals surface area contributed by atoms with Crippen molar-refractivity contribution in [1.29, 1.82) is 0 Å². The molecule has 2 atom stereocenters. The maximum Gasteiger partial charge on any atom is 0.328 e. The quantitative estimate of drug-likeness (QED) is 0.108. The monoisotopic (exact) mass is 1030 g/mol. The number of fused-ring (bicyclic) bond motifs is 7. The van der Waals surface area contributed by atoms with E-state index in [1.54, 1.807) is 24.4 Å². The number of ether oxygens (including phenoxy) is 1. The number of phenols is 1. The number of rotatable bonds is 11. The van der Waals surface area contributed by atoms with Gasteiger partial charge in [0, 0.05) is 73.9 Å². The van der Waals surface area contributed by atoms with Crippen molar-refractivity contribution in [2.75, 3.05) is 68.8 Å². The van der Waals surface area contributed by atoms with Gasteiger partial charge in [-0.05, 0) is 168 Å². The third kappa shape index (κ3) is 9.06. The number of anilines is 2. The summed E-state index contributed by atoms with van der Waals surface area (Å²) in [7, 11) is 0. The van der Waals surface area contributed by atoms with E-state index < -0.39 is 17.7 Å². The molecule has 74 heavy (non-hydrogen) atoms. The normalized spacial score (nSPS) is 25.7. The van der Waals surface area contributed by atoms with Gasteiger partial charge in [-0.1, -0.05) is 23.6 Å².